The fraction of sp³-hybridized carbons (Fsp3) is 0.308. The Morgan fingerprint density at radius 3 is 2.61 bits per heavy atom. The third-order valence-corrected chi connectivity index (χ3v) is 6.54. The Hall–Kier alpha value is -3.58. The van der Waals surface area contributed by atoms with Gasteiger partial charge in [-0.25, -0.2) is 15.0 Å². The number of fused-ring (bicyclic) bond motifs is 4. The summed E-state index contributed by atoms with van der Waals surface area (Å²) in [5.41, 5.74) is 5.43. The summed E-state index contributed by atoms with van der Waals surface area (Å²) >= 11 is 0. The molecule has 1 aliphatic heterocycles. The molecular weight excluding hydrogens is 414 g/mol. The lowest BCUT2D eigenvalue weighted by Crippen LogP contribution is -2.29. The number of hydrogen-bond donors (Lipinski definition) is 0. The molecule has 6 rings (SSSR count). The Morgan fingerprint density at radius 1 is 1.03 bits per heavy atom. The molecule has 0 spiro atoms. The predicted molar refractivity (Wildman–Crippen MR) is 129 cm³/mol. The lowest BCUT2D eigenvalue weighted by molar-refractivity contribution is 0.0955. The number of rotatable bonds is 4. The van der Waals surface area contributed by atoms with Crippen LogP contribution in [0.25, 0.3) is 38.9 Å². The highest BCUT2D eigenvalue weighted by atomic mass is 16.5. The topological polar surface area (TPSA) is 74.8 Å². The van der Waals surface area contributed by atoms with Crippen molar-refractivity contribution in [2.75, 3.05) is 6.61 Å². The van der Waals surface area contributed by atoms with Gasteiger partial charge in [0, 0.05) is 12.3 Å². The molecule has 0 unspecified atom stereocenters. The van der Waals surface area contributed by atoms with Crippen LogP contribution in [0.4, 0.5) is 0 Å². The van der Waals surface area contributed by atoms with Crippen LogP contribution in [0.2, 0.25) is 0 Å². The number of para-hydroxylation sites is 2. The van der Waals surface area contributed by atoms with Crippen LogP contribution in [0, 0.1) is 6.92 Å². The number of benzene rings is 2. The molecule has 1 atom stereocenters. The molecule has 2 aromatic carbocycles. The molecule has 1 aliphatic rings. The second-order valence-electron chi connectivity index (χ2n) is 8.65. The highest BCUT2D eigenvalue weighted by molar-refractivity contribution is 6.05. The molecule has 7 heteroatoms. The summed E-state index contributed by atoms with van der Waals surface area (Å²) < 4.78 is 9.52. The average molecular weight is 440 g/mol. The molecule has 1 saturated heterocycles. The van der Waals surface area contributed by atoms with Crippen LogP contribution >= 0.6 is 0 Å². The molecule has 7 nitrogen and oxygen atoms in total. The van der Waals surface area contributed by atoms with Gasteiger partial charge in [-0.05, 0) is 56.0 Å². The minimum absolute atomic E-state index is 0.0437. The molecule has 0 radical (unpaired) electrons. The highest BCUT2D eigenvalue weighted by Crippen LogP contribution is 2.29. The summed E-state index contributed by atoms with van der Waals surface area (Å²) in [6, 6.07) is 16.1. The van der Waals surface area contributed by atoms with Crippen LogP contribution in [0.5, 0.6) is 0 Å². The molecule has 1 fully saturated rings. The van der Waals surface area contributed by atoms with Crippen LogP contribution in [0.15, 0.2) is 53.3 Å². The smallest absolute Gasteiger partial charge is 0.265 e. The van der Waals surface area contributed by atoms with E-state index >= 15 is 0 Å². The molecule has 0 N–H and O–H groups in total. The molecule has 3 aromatic heterocycles. The van der Waals surface area contributed by atoms with E-state index in [0.29, 0.717) is 34.6 Å². The molecular formula is C26H25N5O2. The van der Waals surface area contributed by atoms with Crippen LogP contribution in [-0.4, -0.2) is 36.8 Å². The molecule has 33 heavy (non-hydrogen) atoms. The van der Waals surface area contributed by atoms with E-state index in [2.05, 4.69) is 19.1 Å². The number of aryl methyl sites for hydroxylation is 2. The van der Waals surface area contributed by atoms with E-state index in [-0.39, 0.29) is 11.7 Å². The summed E-state index contributed by atoms with van der Waals surface area (Å²) in [5.74, 6) is 0.670. The second kappa shape index (κ2) is 7.78. The zero-order valence-corrected chi connectivity index (χ0v) is 18.8. The van der Waals surface area contributed by atoms with Crippen LogP contribution in [0.3, 0.4) is 0 Å². The molecule has 0 amide bonds. The third kappa shape index (κ3) is 3.23. The zero-order chi connectivity index (χ0) is 22.5. The first kappa shape index (κ1) is 20.1. The summed E-state index contributed by atoms with van der Waals surface area (Å²) in [4.78, 5) is 28.6. The van der Waals surface area contributed by atoms with Crippen molar-refractivity contribution in [3.63, 3.8) is 0 Å². The van der Waals surface area contributed by atoms with Crippen LogP contribution < -0.4 is 5.56 Å². The lowest BCUT2D eigenvalue weighted by atomic mass is 10.1. The Balaban J connectivity index is 1.71. The minimum Gasteiger partial charge on any atom is -0.376 e. The van der Waals surface area contributed by atoms with Crippen molar-refractivity contribution in [1.29, 1.82) is 0 Å². The van der Waals surface area contributed by atoms with Crippen molar-refractivity contribution in [1.82, 2.24) is 24.1 Å². The fourth-order valence-corrected chi connectivity index (χ4v) is 4.80. The maximum absolute atomic E-state index is 13.8. The standard InChI is InChI=1S/C26H25N5O2/c1-3-17-8-6-9-18(14-17)31-24-22(23-25(31)29-21-12-5-4-11-20(21)28-23)26(32)30(16(2)27-24)15-19-10-7-13-33-19/h4-6,8-9,11-12,14,19H,3,7,10,13,15H2,1-2H3/t19-/m1/s1. The number of ether oxygens (including phenoxy) is 1. The Morgan fingerprint density at radius 2 is 1.85 bits per heavy atom. The highest BCUT2D eigenvalue weighted by Gasteiger charge is 2.24. The maximum Gasteiger partial charge on any atom is 0.265 e. The largest absolute Gasteiger partial charge is 0.376 e. The van der Waals surface area contributed by atoms with E-state index in [9.17, 15) is 4.79 Å². The Kier molecular flexibility index (Phi) is 4.73. The zero-order valence-electron chi connectivity index (χ0n) is 18.8. The Labute approximate surface area is 190 Å². The van der Waals surface area contributed by atoms with Crippen LogP contribution in [0.1, 0.15) is 31.2 Å². The first-order valence-electron chi connectivity index (χ1n) is 11.5. The average Bonchev–Trinajstić information content (AvgIpc) is 3.46. The summed E-state index contributed by atoms with van der Waals surface area (Å²) in [6.45, 7) is 5.27. The summed E-state index contributed by atoms with van der Waals surface area (Å²) in [5, 5.41) is 0.508. The van der Waals surface area contributed by atoms with Crippen molar-refractivity contribution in [3.05, 3.63) is 70.3 Å². The molecule has 5 aromatic rings. The van der Waals surface area contributed by atoms with Crippen molar-refractivity contribution < 1.29 is 4.74 Å². The van der Waals surface area contributed by atoms with Crippen molar-refractivity contribution >= 4 is 33.2 Å². The molecule has 0 aliphatic carbocycles. The first-order valence-corrected chi connectivity index (χ1v) is 11.5. The van der Waals surface area contributed by atoms with Crippen LogP contribution in [-0.2, 0) is 17.7 Å². The minimum atomic E-state index is -0.0898. The molecule has 0 saturated carbocycles. The van der Waals surface area contributed by atoms with Gasteiger partial charge in [-0.3, -0.25) is 13.9 Å². The summed E-state index contributed by atoms with van der Waals surface area (Å²) in [6.07, 6.45) is 2.95. The van der Waals surface area contributed by atoms with Gasteiger partial charge in [-0.15, -0.1) is 0 Å². The Bertz CT molecular complexity index is 1580. The van der Waals surface area contributed by atoms with Gasteiger partial charge < -0.3 is 4.74 Å². The quantitative estimate of drug-likeness (QED) is 0.417. The van der Waals surface area contributed by atoms with Crippen molar-refractivity contribution in [2.24, 2.45) is 0 Å². The number of hydrogen-bond acceptors (Lipinski definition) is 5. The summed E-state index contributed by atoms with van der Waals surface area (Å²) in [7, 11) is 0. The molecule has 4 heterocycles. The van der Waals surface area contributed by atoms with E-state index in [0.717, 1.165) is 42.6 Å². The predicted octanol–water partition coefficient (Wildman–Crippen LogP) is 4.33. The van der Waals surface area contributed by atoms with Gasteiger partial charge in [0.05, 0.1) is 23.7 Å². The van der Waals surface area contributed by atoms with Crippen molar-refractivity contribution in [3.8, 4) is 5.69 Å². The SMILES string of the molecule is CCc1cccc(-n2c3nc4ccccc4nc3c3c(=O)n(C[C@H]4CCCO4)c(C)nc32)c1. The van der Waals surface area contributed by atoms with Gasteiger partial charge in [0.15, 0.2) is 11.3 Å². The monoisotopic (exact) mass is 439 g/mol. The molecule has 0 bridgehead atoms. The van der Waals surface area contributed by atoms with E-state index in [1.165, 1.54) is 5.56 Å². The van der Waals surface area contributed by atoms with Gasteiger partial charge in [-0.1, -0.05) is 31.2 Å². The van der Waals surface area contributed by atoms with E-state index in [1.807, 2.05) is 47.9 Å². The number of nitrogens with zero attached hydrogens (tertiary/aromatic N) is 5. The van der Waals surface area contributed by atoms with Gasteiger partial charge in [-0.2, -0.15) is 0 Å². The van der Waals surface area contributed by atoms with Gasteiger partial charge in [0.1, 0.15) is 16.7 Å². The van der Waals surface area contributed by atoms with Crippen molar-refractivity contribution in [2.45, 2.75) is 45.8 Å². The van der Waals surface area contributed by atoms with Gasteiger partial charge in [0.2, 0.25) is 0 Å². The number of aromatic nitrogens is 5. The normalized spacial score (nSPS) is 16.4. The third-order valence-electron chi connectivity index (χ3n) is 6.54. The van der Waals surface area contributed by atoms with Gasteiger partial charge >= 0.3 is 0 Å². The fourth-order valence-electron chi connectivity index (χ4n) is 4.80. The van der Waals surface area contributed by atoms with Gasteiger partial charge in [0.25, 0.3) is 5.56 Å². The lowest BCUT2D eigenvalue weighted by Gasteiger charge is -2.14. The maximum atomic E-state index is 13.8. The first-order chi connectivity index (χ1) is 16.1. The second-order valence-corrected chi connectivity index (χ2v) is 8.65. The molecule has 166 valence electrons. The van der Waals surface area contributed by atoms with E-state index < -0.39 is 0 Å². The van der Waals surface area contributed by atoms with E-state index in [4.69, 9.17) is 19.7 Å². The van der Waals surface area contributed by atoms with E-state index in [1.54, 1.807) is 4.57 Å².